The van der Waals surface area contributed by atoms with Gasteiger partial charge in [0.2, 0.25) is 0 Å². The second kappa shape index (κ2) is 12.0. The summed E-state index contributed by atoms with van der Waals surface area (Å²) in [4.78, 5) is 34.5. The first kappa shape index (κ1) is 29.6. The van der Waals surface area contributed by atoms with Crippen LogP contribution in [0, 0.1) is 15.9 Å². The number of allylic oxidation sites excluding steroid dienone is 1. The molecule has 1 aliphatic carbocycles. The Balaban J connectivity index is 1.30. The average Bonchev–Trinajstić information content (AvgIpc) is 3.43. The smallest absolute Gasteiger partial charge is 0.339 e. The van der Waals surface area contributed by atoms with Crippen molar-refractivity contribution in [2.75, 3.05) is 0 Å². The number of hydrogen-bond acceptors (Lipinski definition) is 6. The lowest BCUT2D eigenvalue weighted by Crippen LogP contribution is -2.16. The van der Waals surface area contributed by atoms with Gasteiger partial charge in [0.1, 0.15) is 12.4 Å². The lowest BCUT2D eigenvalue weighted by molar-refractivity contribution is -0.384. The van der Waals surface area contributed by atoms with E-state index >= 15 is 0 Å². The molecule has 0 bridgehead atoms. The largest absolute Gasteiger partial charge is 0.454 e. The normalized spacial score (nSPS) is 13.7. The van der Waals surface area contributed by atoms with E-state index < -0.39 is 16.7 Å². The van der Waals surface area contributed by atoms with E-state index in [4.69, 9.17) is 32.9 Å². The summed E-state index contributed by atoms with van der Waals surface area (Å²) in [6.45, 7) is -0.245. The first-order valence-electron chi connectivity index (χ1n) is 14.4. The highest BCUT2D eigenvalue weighted by atomic mass is 35.5. The van der Waals surface area contributed by atoms with Crippen LogP contribution in [0.3, 0.4) is 0 Å². The van der Waals surface area contributed by atoms with Gasteiger partial charge in [0, 0.05) is 23.2 Å². The molecule has 7 rings (SSSR count). The molecular formula is C35H23Cl2FN4O4. The van der Waals surface area contributed by atoms with E-state index in [1.165, 1.54) is 24.3 Å². The summed E-state index contributed by atoms with van der Waals surface area (Å²) < 4.78 is 21.4. The zero-order valence-electron chi connectivity index (χ0n) is 24.0. The van der Waals surface area contributed by atoms with E-state index in [0.717, 1.165) is 29.5 Å². The Morgan fingerprint density at radius 1 is 0.978 bits per heavy atom. The van der Waals surface area contributed by atoms with Gasteiger partial charge in [-0.15, -0.1) is 0 Å². The molecule has 0 saturated carbocycles. The van der Waals surface area contributed by atoms with Gasteiger partial charge in [-0.3, -0.25) is 14.7 Å². The van der Waals surface area contributed by atoms with Crippen LogP contribution in [0.15, 0.2) is 84.9 Å². The number of para-hydroxylation sites is 1. The molecule has 0 radical (unpaired) electrons. The molecule has 0 fully saturated rings. The topological polar surface area (TPSA) is 100 Å². The Morgan fingerprint density at radius 3 is 2.59 bits per heavy atom. The minimum Gasteiger partial charge on any atom is -0.454 e. The highest BCUT2D eigenvalue weighted by Crippen LogP contribution is 2.38. The Labute approximate surface area is 271 Å². The number of hydrogen-bond donors (Lipinski definition) is 0. The number of ether oxygens (including phenoxy) is 1. The second-order valence-electron chi connectivity index (χ2n) is 10.8. The van der Waals surface area contributed by atoms with Crippen molar-refractivity contribution in [3.63, 3.8) is 0 Å². The van der Waals surface area contributed by atoms with Gasteiger partial charge < -0.3 is 4.74 Å². The van der Waals surface area contributed by atoms with Crippen molar-refractivity contribution in [2.45, 2.75) is 25.9 Å². The number of nitro groups is 1. The minimum absolute atomic E-state index is 0.127. The summed E-state index contributed by atoms with van der Waals surface area (Å²) >= 11 is 12.8. The Kier molecular flexibility index (Phi) is 7.72. The van der Waals surface area contributed by atoms with Crippen molar-refractivity contribution < 1.29 is 18.8 Å². The number of aromatic nitrogens is 3. The first-order chi connectivity index (χ1) is 22.3. The predicted octanol–water partition coefficient (Wildman–Crippen LogP) is 9.16. The number of halogens is 3. The molecule has 0 atom stereocenters. The third kappa shape index (κ3) is 5.37. The molecule has 2 heterocycles. The number of carbonyl (C=O) groups is 1. The molecule has 0 aliphatic heterocycles. The van der Waals surface area contributed by atoms with Crippen LogP contribution >= 0.6 is 23.2 Å². The van der Waals surface area contributed by atoms with Crippen LogP contribution < -0.4 is 0 Å². The summed E-state index contributed by atoms with van der Waals surface area (Å²) in [6.07, 6.45) is 4.11. The molecule has 228 valence electrons. The maximum Gasteiger partial charge on any atom is 0.339 e. The van der Waals surface area contributed by atoms with Crippen LogP contribution in [0.25, 0.3) is 39.3 Å². The fraction of sp³-hybridized carbons (Fsp3) is 0.114. The van der Waals surface area contributed by atoms with Crippen LogP contribution in [0.5, 0.6) is 0 Å². The Morgan fingerprint density at radius 2 is 1.78 bits per heavy atom. The summed E-state index contributed by atoms with van der Waals surface area (Å²) in [5.41, 5.74) is 5.56. The van der Waals surface area contributed by atoms with Gasteiger partial charge in [-0.25, -0.2) is 19.2 Å². The van der Waals surface area contributed by atoms with Crippen molar-refractivity contribution in [3.05, 3.63) is 139 Å². The van der Waals surface area contributed by atoms with E-state index in [0.29, 0.717) is 61.2 Å². The van der Waals surface area contributed by atoms with Crippen molar-refractivity contribution in [3.8, 4) is 5.69 Å². The standard InChI is InChI=1S/C35H23Cl2FN4O4/c36-27-9-4-5-20(33(27)37)17-21-6-3-8-26-32(25-7-1-2-10-28(25)40-34(21)26)35(43)46-19-31-39-29-18-24(42(44)45)15-16-30(29)41(31)23-13-11-22(38)12-14-23/h1-2,4-5,7,9-18H,3,6,8,19H2/b21-17-. The fourth-order valence-corrected chi connectivity index (χ4v) is 6.30. The maximum absolute atomic E-state index is 14.0. The number of esters is 1. The molecule has 2 aromatic heterocycles. The third-order valence-corrected chi connectivity index (χ3v) is 8.85. The molecule has 0 unspecified atom stereocenters. The van der Waals surface area contributed by atoms with Crippen molar-refractivity contribution >= 4 is 68.4 Å². The number of pyridine rings is 1. The van der Waals surface area contributed by atoms with E-state index in [2.05, 4.69) is 4.98 Å². The molecule has 46 heavy (non-hydrogen) atoms. The zero-order chi connectivity index (χ0) is 31.9. The van der Waals surface area contributed by atoms with Gasteiger partial charge in [0.15, 0.2) is 5.82 Å². The molecule has 6 aromatic rings. The van der Waals surface area contributed by atoms with Gasteiger partial charge in [0.25, 0.3) is 5.69 Å². The molecule has 0 N–H and O–H groups in total. The number of carbonyl (C=O) groups excluding carboxylic acids is 1. The Bertz CT molecular complexity index is 2230. The van der Waals surface area contributed by atoms with Crippen LogP contribution in [0.2, 0.25) is 10.0 Å². The average molecular weight is 653 g/mol. The summed E-state index contributed by atoms with van der Waals surface area (Å²) in [5, 5.41) is 13.0. The number of non-ortho nitro benzene ring substituents is 1. The zero-order valence-corrected chi connectivity index (χ0v) is 25.6. The number of nitrogens with zero attached hydrogens (tertiary/aromatic N) is 4. The molecule has 4 aromatic carbocycles. The number of nitro benzene ring substituents is 1. The van der Waals surface area contributed by atoms with Crippen molar-refractivity contribution in [1.29, 1.82) is 0 Å². The molecule has 1 aliphatic rings. The predicted molar refractivity (Wildman–Crippen MR) is 176 cm³/mol. The molecule has 0 spiro atoms. The van der Waals surface area contributed by atoms with Gasteiger partial charge >= 0.3 is 5.97 Å². The highest BCUT2D eigenvalue weighted by Gasteiger charge is 2.27. The fourth-order valence-electron chi connectivity index (χ4n) is 5.94. The van der Waals surface area contributed by atoms with Crippen molar-refractivity contribution in [1.82, 2.24) is 14.5 Å². The van der Waals surface area contributed by atoms with Crippen LogP contribution in [0.4, 0.5) is 10.1 Å². The summed E-state index contributed by atoms with van der Waals surface area (Å²) in [5.74, 6) is -0.656. The molecule has 11 heteroatoms. The van der Waals surface area contributed by atoms with E-state index in [1.807, 2.05) is 42.5 Å². The molecular weight excluding hydrogens is 630 g/mol. The maximum atomic E-state index is 14.0. The lowest BCUT2D eigenvalue weighted by Gasteiger charge is -2.22. The summed E-state index contributed by atoms with van der Waals surface area (Å²) in [6, 6.07) is 22.9. The minimum atomic E-state index is -0.555. The first-order valence-corrected chi connectivity index (χ1v) is 15.2. The highest BCUT2D eigenvalue weighted by molar-refractivity contribution is 6.43. The third-order valence-electron chi connectivity index (χ3n) is 8.02. The SMILES string of the molecule is O=C(OCc1nc2cc([N+](=O)[O-])ccc2n1-c1ccc(F)cc1)c1c2c(nc3ccccc13)/C(=C\c1cccc(Cl)c1Cl)CCC2. The quantitative estimate of drug-likeness (QED) is 0.101. The van der Waals surface area contributed by atoms with E-state index in [9.17, 15) is 19.3 Å². The van der Waals surface area contributed by atoms with Crippen LogP contribution in [-0.2, 0) is 17.8 Å². The lowest BCUT2D eigenvalue weighted by atomic mass is 9.86. The molecule has 8 nitrogen and oxygen atoms in total. The van der Waals surface area contributed by atoms with Gasteiger partial charge in [-0.2, -0.15) is 0 Å². The summed E-state index contributed by atoms with van der Waals surface area (Å²) in [7, 11) is 0. The second-order valence-corrected chi connectivity index (χ2v) is 11.6. The number of fused-ring (bicyclic) bond motifs is 3. The number of rotatable bonds is 6. The van der Waals surface area contributed by atoms with Crippen molar-refractivity contribution in [2.24, 2.45) is 0 Å². The molecule has 0 amide bonds. The van der Waals surface area contributed by atoms with Gasteiger partial charge in [0.05, 0.1) is 42.8 Å². The van der Waals surface area contributed by atoms with E-state index in [-0.39, 0.29) is 12.3 Å². The van der Waals surface area contributed by atoms with E-state index in [1.54, 1.807) is 28.8 Å². The Hall–Kier alpha value is -5.12. The van der Waals surface area contributed by atoms with Gasteiger partial charge in [-0.1, -0.05) is 53.5 Å². The molecule has 0 saturated heterocycles. The van der Waals surface area contributed by atoms with Crippen LogP contribution in [-0.4, -0.2) is 25.4 Å². The monoisotopic (exact) mass is 652 g/mol. The number of imidazole rings is 1. The van der Waals surface area contributed by atoms with Crippen LogP contribution in [0.1, 0.15) is 45.8 Å². The number of benzene rings is 4. The van der Waals surface area contributed by atoms with Gasteiger partial charge in [-0.05, 0) is 84.5 Å².